The molecule has 1 unspecified atom stereocenters. The van der Waals surface area contributed by atoms with Crippen molar-refractivity contribution < 1.29 is 17.9 Å². The minimum Gasteiger partial charge on any atom is -0.486 e. The number of nitrogens with one attached hydrogen (secondary N) is 1. The van der Waals surface area contributed by atoms with Gasteiger partial charge in [-0.05, 0) is 24.6 Å². The predicted molar refractivity (Wildman–Crippen MR) is 78.1 cm³/mol. The van der Waals surface area contributed by atoms with E-state index in [1.54, 1.807) is 6.92 Å². The normalized spacial score (nSPS) is 15.9. The molecular formula is C14H21NO4S. The zero-order chi connectivity index (χ0) is 14.6. The third kappa shape index (κ3) is 4.11. The highest BCUT2D eigenvalue weighted by molar-refractivity contribution is 7.91. The van der Waals surface area contributed by atoms with E-state index in [-0.39, 0.29) is 17.5 Å². The van der Waals surface area contributed by atoms with Crippen LogP contribution in [-0.4, -0.2) is 39.2 Å². The lowest BCUT2D eigenvalue weighted by atomic mass is 10.2. The minimum atomic E-state index is -2.94. The first-order valence-electron chi connectivity index (χ1n) is 6.82. The van der Waals surface area contributed by atoms with Crippen LogP contribution in [0.5, 0.6) is 11.5 Å². The van der Waals surface area contributed by atoms with Crippen molar-refractivity contribution in [2.45, 2.75) is 26.4 Å². The molecule has 1 heterocycles. The minimum absolute atomic E-state index is 0.0758. The fraction of sp³-hybridized carbons (Fsp3) is 0.571. The van der Waals surface area contributed by atoms with Crippen molar-refractivity contribution in [3.63, 3.8) is 0 Å². The molecule has 6 heteroatoms. The maximum absolute atomic E-state index is 11.5. The highest BCUT2D eigenvalue weighted by atomic mass is 32.2. The molecule has 1 aliphatic heterocycles. The Hall–Kier alpha value is -1.27. The Balaban J connectivity index is 1.91. The molecule has 0 amide bonds. The summed E-state index contributed by atoms with van der Waals surface area (Å²) >= 11 is 0. The second-order valence-corrected chi connectivity index (χ2v) is 7.36. The predicted octanol–water partition coefficient (Wildman–Crippen LogP) is 1.37. The first kappa shape index (κ1) is 15.1. The average Bonchev–Trinajstić information content (AvgIpc) is 2.44. The Morgan fingerprint density at radius 3 is 2.65 bits per heavy atom. The first-order chi connectivity index (χ1) is 9.50. The molecule has 0 aromatic heterocycles. The van der Waals surface area contributed by atoms with Crippen LogP contribution in [0.1, 0.15) is 19.4 Å². The molecule has 20 heavy (non-hydrogen) atoms. The summed E-state index contributed by atoms with van der Waals surface area (Å²) in [6, 6.07) is 5.71. The number of hydrogen-bond acceptors (Lipinski definition) is 5. The summed E-state index contributed by atoms with van der Waals surface area (Å²) in [5.41, 5.74) is 1.05. The van der Waals surface area contributed by atoms with Gasteiger partial charge in [0.1, 0.15) is 13.2 Å². The molecule has 1 atom stereocenters. The SMILES string of the molecule is CCS(=O)(=O)CC(C)NCc1ccc2c(c1)OCCO2. The fourth-order valence-corrected chi connectivity index (χ4v) is 3.16. The largest absolute Gasteiger partial charge is 0.486 e. The van der Waals surface area contributed by atoms with E-state index in [0.29, 0.717) is 19.8 Å². The zero-order valence-electron chi connectivity index (χ0n) is 11.9. The molecule has 112 valence electrons. The summed E-state index contributed by atoms with van der Waals surface area (Å²) in [6.45, 7) is 5.30. The number of rotatable bonds is 6. The van der Waals surface area contributed by atoms with Crippen LogP contribution in [0.4, 0.5) is 0 Å². The molecule has 1 N–H and O–H groups in total. The van der Waals surface area contributed by atoms with E-state index in [2.05, 4.69) is 5.32 Å². The van der Waals surface area contributed by atoms with E-state index in [1.165, 1.54) is 0 Å². The van der Waals surface area contributed by atoms with Crippen molar-refractivity contribution in [1.29, 1.82) is 0 Å². The zero-order valence-corrected chi connectivity index (χ0v) is 12.7. The number of hydrogen-bond donors (Lipinski definition) is 1. The van der Waals surface area contributed by atoms with Crippen LogP contribution in [0.3, 0.4) is 0 Å². The Bertz CT molecular complexity index is 556. The first-order valence-corrected chi connectivity index (χ1v) is 8.64. The van der Waals surface area contributed by atoms with Crippen molar-refractivity contribution in [2.75, 3.05) is 24.7 Å². The summed E-state index contributed by atoms with van der Waals surface area (Å²) in [5, 5.41) is 3.22. The van der Waals surface area contributed by atoms with Gasteiger partial charge in [0, 0.05) is 18.3 Å². The van der Waals surface area contributed by atoms with Gasteiger partial charge in [0.15, 0.2) is 21.3 Å². The molecule has 0 fully saturated rings. The summed E-state index contributed by atoms with van der Waals surface area (Å²) in [4.78, 5) is 0. The molecule has 0 radical (unpaired) electrons. The lowest BCUT2D eigenvalue weighted by Gasteiger charge is -2.19. The van der Waals surface area contributed by atoms with Gasteiger partial charge in [-0.15, -0.1) is 0 Å². The average molecular weight is 299 g/mol. The molecule has 0 spiro atoms. The molecule has 0 saturated carbocycles. The topological polar surface area (TPSA) is 64.6 Å². The second kappa shape index (κ2) is 6.45. The van der Waals surface area contributed by atoms with Crippen LogP contribution in [0.15, 0.2) is 18.2 Å². The van der Waals surface area contributed by atoms with Gasteiger partial charge in [-0.3, -0.25) is 0 Å². The second-order valence-electron chi connectivity index (χ2n) is 4.96. The number of benzene rings is 1. The van der Waals surface area contributed by atoms with Gasteiger partial charge in [-0.1, -0.05) is 13.0 Å². The fourth-order valence-electron chi connectivity index (χ4n) is 2.05. The van der Waals surface area contributed by atoms with E-state index in [0.717, 1.165) is 17.1 Å². The van der Waals surface area contributed by atoms with Gasteiger partial charge in [0.25, 0.3) is 0 Å². The van der Waals surface area contributed by atoms with Gasteiger partial charge in [0.05, 0.1) is 5.75 Å². The van der Waals surface area contributed by atoms with Crippen molar-refractivity contribution in [3.05, 3.63) is 23.8 Å². The molecule has 5 nitrogen and oxygen atoms in total. The summed E-state index contributed by atoms with van der Waals surface area (Å²) in [5.74, 6) is 1.86. The lowest BCUT2D eigenvalue weighted by Crippen LogP contribution is -2.33. The standard InChI is InChI=1S/C14H21NO4S/c1-3-20(16,17)10-11(2)15-9-12-4-5-13-14(8-12)19-7-6-18-13/h4-5,8,11,15H,3,6-7,9-10H2,1-2H3. The monoisotopic (exact) mass is 299 g/mol. The lowest BCUT2D eigenvalue weighted by molar-refractivity contribution is 0.171. The maximum Gasteiger partial charge on any atom is 0.161 e. The summed E-state index contributed by atoms with van der Waals surface area (Å²) < 4.78 is 34.1. The Morgan fingerprint density at radius 2 is 1.95 bits per heavy atom. The van der Waals surface area contributed by atoms with Gasteiger partial charge < -0.3 is 14.8 Å². The van der Waals surface area contributed by atoms with E-state index in [4.69, 9.17) is 9.47 Å². The van der Waals surface area contributed by atoms with E-state index in [1.807, 2.05) is 25.1 Å². The van der Waals surface area contributed by atoms with Crippen molar-refractivity contribution in [3.8, 4) is 11.5 Å². The Labute approximate surface area is 120 Å². The molecule has 1 aliphatic rings. The van der Waals surface area contributed by atoms with Gasteiger partial charge in [-0.2, -0.15) is 0 Å². The van der Waals surface area contributed by atoms with Gasteiger partial charge in [0.2, 0.25) is 0 Å². The molecule has 1 aromatic carbocycles. The van der Waals surface area contributed by atoms with E-state index in [9.17, 15) is 8.42 Å². The van der Waals surface area contributed by atoms with Crippen LogP contribution in [0, 0.1) is 0 Å². The number of fused-ring (bicyclic) bond motifs is 1. The van der Waals surface area contributed by atoms with Crippen LogP contribution in [-0.2, 0) is 16.4 Å². The number of ether oxygens (including phenoxy) is 2. The van der Waals surface area contributed by atoms with Gasteiger partial charge in [-0.25, -0.2) is 8.42 Å². The molecular weight excluding hydrogens is 278 g/mol. The van der Waals surface area contributed by atoms with Crippen molar-refractivity contribution in [1.82, 2.24) is 5.32 Å². The molecule has 0 saturated heterocycles. The van der Waals surface area contributed by atoms with E-state index >= 15 is 0 Å². The van der Waals surface area contributed by atoms with Crippen LogP contribution < -0.4 is 14.8 Å². The molecule has 2 rings (SSSR count). The van der Waals surface area contributed by atoms with Gasteiger partial charge >= 0.3 is 0 Å². The van der Waals surface area contributed by atoms with Crippen LogP contribution in [0.2, 0.25) is 0 Å². The highest BCUT2D eigenvalue weighted by Gasteiger charge is 2.14. The summed E-state index contributed by atoms with van der Waals surface area (Å²) in [7, 11) is -2.94. The molecule has 0 aliphatic carbocycles. The smallest absolute Gasteiger partial charge is 0.161 e. The van der Waals surface area contributed by atoms with Crippen molar-refractivity contribution >= 4 is 9.84 Å². The van der Waals surface area contributed by atoms with E-state index < -0.39 is 9.84 Å². The van der Waals surface area contributed by atoms with Crippen LogP contribution in [0.25, 0.3) is 0 Å². The third-order valence-electron chi connectivity index (χ3n) is 3.20. The highest BCUT2D eigenvalue weighted by Crippen LogP contribution is 2.30. The van der Waals surface area contributed by atoms with Crippen LogP contribution >= 0.6 is 0 Å². The Morgan fingerprint density at radius 1 is 1.25 bits per heavy atom. The quantitative estimate of drug-likeness (QED) is 0.859. The molecule has 0 bridgehead atoms. The molecule has 1 aromatic rings. The summed E-state index contributed by atoms with van der Waals surface area (Å²) in [6.07, 6.45) is 0. The maximum atomic E-state index is 11.5. The Kier molecular flexibility index (Phi) is 4.88. The third-order valence-corrected chi connectivity index (χ3v) is 5.09. The van der Waals surface area contributed by atoms with Crippen molar-refractivity contribution in [2.24, 2.45) is 0 Å². The number of sulfone groups is 1.